The molecule has 2 N–H and O–H groups in total. The predicted molar refractivity (Wildman–Crippen MR) is 76.6 cm³/mol. The Labute approximate surface area is 125 Å². The fourth-order valence-corrected chi connectivity index (χ4v) is 3.65. The van der Waals surface area contributed by atoms with E-state index in [9.17, 15) is 5.11 Å². The van der Waals surface area contributed by atoms with Gasteiger partial charge in [-0.2, -0.15) is 4.98 Å². The maximum Gasteiger partial charge on any atom is 0.243 e. The van der Waals surface area contributed by atoms with E-state index in [4.69, 9.17) is 9.26 Å². The summed E-state index contributed by atoms with van der Waals surface area (Å²) in [5, 5.41) is 17.0. The van der Waals surface area contributed by atoms with Crippen LogP contribution in [0.1, 0.15) is 63.7 Å². The standard InChI is InChI=1S/C15H25N3O3/c1-3-20-15(6-4-5-10(2)8-15)14-17-13(21-18-14)12-7-11(19)9-16-12/h10-12,16,19H,3-9H2,1-2H3/t10?,11?,12-,15?/m0/s1. The molecule has 2 heterocycles. The van der Waals surface area contributed by atoms with Crippen LogP contribution < -0.4 is 5.32 Å². The van der Waals surface area contributed by atoms with Crippen molar-refractivity contribution in [3.8, 4) is 0 Å². The number of aliphatic hydroxyl groups is 1. The molecule has 2 aliphatic rings. The molecule has 2 fully saturated rings. The second kappa shape index (κ2) is 6.02. The van der Waals surface area contributed by atoms with Crippen LogP contribution in [-0.4, -0.2) is 34.5 Å². The van der Waals surface area contributed by atoms with Gasteiger partial charge < -0.3 is 19.7 Å². The highest BCUT2D eigenvalue weighted by molar-refractivity contribution is 5.07. The molecule has 3 rings (SSSR count). The molecule has 6 nitrogen and oxygen atoms in total. The largest absolute Gasteiger partial charge is 0.392 e. The molecule has 1 aromatic heterocycles. The Morgan fingerprint density at radius 1 is 1.52 bits per heavy atom. The van der Waals surface area contributed by atoms with Crippen LogP contribution in [0.2, 0.25) is 0 Å². The molecule has 1 aliphatic heterocycles. The van der Waals surface area contributed by atoms with Gasteiger partial charge in [0.25, 0.3) is 0 Å². The molecule has 3 unspecified atom stereocenters. The fraction of sp³-hybridized carbons (Fsp3) is 0.867. The van der Waals surface area contributed by atoms with E-state index in [-0.39, 0.29) is 12.1 Å². The van der Waals surface area contributed by atoms with Gasteiger partial charge in [0.05, 0.1) is 12.1 Å². The molecule has 118 valence electrons. The van der Waals surface area contributed by atoms with Gasteiger partial charge in [-0.3, -0.25) is 0 Å². The zero-order valence-corrected chi connectivity index (χ0v) is 12.8. The van der Waals surface area contributed by atoms with E-state index < -0.39 is 5.60 Å². The second-order valence-electron chi connectivity index (χ2n) is 6.44. The molecule has 0 aromatic carbocycles. The Morgan fingerprint density at radius 2 is 2.38 bits per heavy atom. The van der Waals surface area contributed by atoms with E-state index in [1.54, 1.807) is 0 Å². The van der Waals surface area contributed by atoms with Crippen molar-refractivity contribution in [3.05, 3.63) is 11.7 Å². The number of aliphatic hydroxyl groups excluding tert-OH is 1. The third kappa shape index (κ3) is 2.98. The van der Waals surface area contributed by atoms with Crippen molar-refractivity contribution in [2.24, 2.45) is 5.92 Å². The van der Waals surface area contributed by atoms with Gasteiger partial charge in [0, 0.05) is 13.2 Å². The number of ether oxygens (including phenoxy) is 1. The molecule has 1 aliphatic carbocycles. The molecular weight excluding hydrogens is 270 g/mol. The van der Waals surface area contributed by atoms with E-state index in [1.807, 2.05) is 6.92 Å². The maximum absolute atomic E-state index is 9.61. The summed E-state index contributed by atoms with van der Waals surface area (Å²) in [7, 11) is 0. The average Bonchev–Trinajstić information content (AvgIpc) is 3.07. The van der Waals surface area contributed by atoms with Gasteiger partial charge in [-0.15, -0.1) is 0 Å². The second-order valence-corrected chi connectivity index (χ2v) is 6.44. The molecule has 6 heteroatoms. The summed E-state index contributed by atoms with van der Waals surface area (Å²) in [5.41, 5.74) is -0.397. The van der Waals surface area contributed by atoms with E-state index in [1.165, 1.54) is 6.42 Å². The zero-order chi connectivity index (χ0) is 14.9. The van der Waals surface area contributed by atoms with Gasteiger partial charge in [0.1, 0.15) is 5.60 Å². The van der Waals surface area contributed by atoms with Crippen LogP contribution in [0.4, 0.5) is 0 Å². The van der Waals surface area contributed by atoms with E-state index in [0.29, 0.717) is 37.2 Å². The molecule has 0 amide bonds. The summed E-state index contributed by atoms with van der Waals surface area (Å²) in [5.74, 6) is 1.85. The van der Waals surface area contributed by atoms with Gasteiger partial charge in [-0.05, 0) is 38.5 Å². The quantitative estimate of drug-likeness (QED) is 0.883. The number of nitrogens with one attached hydrogen (secondary N) is 1. The van der Waals surface area contributed by atoms with E-state index in [2.05, 4.69) is 22.4 Å². The smallest absolute Gasteiger partial charge is 0.243 e. The zero-order valence-electron chi connectivity index (χ0n) is 12.8. The fourth-order valence-electron chi connectivity index (χ4n) is 3.65. The van der Waals surface area contributed by atoms with Gasteiger partial charge in [-0.25, -0.2) is 0 Å². The van der Waals surface area contributed by atoms with E-state index >= 15 is 0 Å². The summed E-state index contributed by atoms with van der Waals surface area (Å²) in [6.45, 7) is 5.49. The average molecular weight is 295 g/mol. The summed E-state index contributed by atoms with van der Waals surface area (Å²) in [6.07, 6.45) is 4.55. The van der Waals surface area contributed by atoms with Gasteiger partial charge in [0.15, 0.2) is 0 Å². The van der Waals surface area contributed by atoms with Crippen LogP contribution in [0.25, 0.3) is 0 Å². The predicted octanol–water partition coefficient (Wildman–Crippen LogP) is 1.91. The van der Waals surface area contributed by atoms with Crippen LogP contribution in [0, 0.1) is 5.92 Å². The first-order chi connectivity index (χ1) is 10.1. The van der Waals surface area contributed by atoms with Crippen molar-refractivity contribution in [1.29, 1.82) is 0 Å². The van der Waals surface area contributed by atoms with Crippen molar-refractivity contribution in [3.63, 3.8) is 0 Å². The minimum absolute atomic E-state index is 0.0408. The molecule has 0 spiro atoms. The van der Waals surface area contributed by atoms with Crippen LogP contribution in [0.15, 0.2) is 4.52 Å². The minimum Gasteiger partial charge on any atom is -0.392 e. The van der Waals surface area contributed by atoms with Crippen molar-refractivity contribution >= 4 is 0 Å². The molecule has 1 aromatic rings. The first-order valence-electron chi connectivity index (χ1n) is 8.02. The molecule has 1 saturated carbocycles. The van der Waals surface area contributed by atoms with E-state index in [0.717, 1.165) is 19.3 Å². The van der Waals surface area contributed by atoms with Crippen LogP contribution in [-0.2, 0) is 10.3 Å². The normalized spacial score (nSPS) is 37.0. The van der Waals surface area contributed by atoms with Crippen molar-refractivity contribution in [2.45, 2.75) is 63.7 Å². The molecule has 1 saturated heterocycles. The van der Waals surface area contributed by atoms with Gasteiger partial charge in [-0.1, -0.05) is 18.5 Å². The number of hydrogen-bond donors (Lipinski definition) is 2. The monoisotopic (exact) mass is 295 g/mol. The Morgan fingerprint density at radius 3 is 3.05 bits per heavy atom. The Kier molecular flexibility index (Phi) is 4.28. The molecule has 21 heavy (non-hydrogen) atoms. The van der Waals surface area contributed by atoms with Gasteiger partial charge in [0.2, 0.25) is 11.7 Å². The highest BCUT2D eigenvalue weighted by atomic mass is 16.5. The SMILES string of the molecule is CCOC1(c2noc([C@@H]3CC(O)CN3)n2)CCCC(C)C1. The summed E-state index contributed by atoms with van der Waals surface area (Å²) in [4.78, 5) is 4.60. The number of hydrogen-bond acceptors (Lipinski definition) is 6. The highest BCUT2D eigenvalue weighted by Gasteiger charge is 2.42. The number of nitrogens with zero attached hydrogens (tertiary/aromatic N) is 2. The maximum atomic E-state index is 9.61. The van der Waals surface area contributed by atoms with Crippen molar-refractivity contribution in [1.82, 2.24) is 15.5 Å². The molecular formula is C15H25N3O3. The number of rotatable bonds is 4. The molecule has 4 atom stereocenters. The lowest BCUT2D eigenvalue weighted by molar-refractivity contribution is -0.0891. The molecule has 0 bridgehead atoms. The first kappa shape index (κ1) is 14.9. The number of aromatic nitrogens is 2. The van der Waals surface area contributed by atoms with Crippen LogP contribution in [0.5, 0.6) is 0 Å². The summed E-state index contributed by atoms with van der Waals surface area (Å²) in [6, 6.07) is -0.0408. The van der Waals surface area contributed by atoms with Gasteiger partial charge >= 0.3 is 0 Å². The third-order valence-electron chi connectivity index (χ3n) is 4.63. The highest BCUT2D eigenvalue weighted by Crippen LogP contribution is 2.42. The Bertz CT molecular complexity index is 474. The van der Waals surface area contributed by atoms with Crippen molar-refractivity contribution < 1.29 is 14.4 Å². The topological polar surface area (TPSA) is 80.4 Å². The lowest BCUT2D eigenvalue weighted by Gasteiger charge is -2.37. The van der Waals surface area contributed by atoms with Crippen LogP contribution in [0.3, 0.4) is 0 Å². The lowest BCUT2D eigenvalue weighted by Crippen LogP contribution is -2.36. The number of β-amino-alcohol motifs (C(OH)–C–C–N with tert-alkyl or cyclic N) is 1. The van der Waals surface area contributed by atoms with Crippen molar-refractivity contribution in [2.75, 3.05) is 13.2 Å². The lowest BCUT2D eigenvalue weighted by atomic mass is 9.78. The molecule has 0 radical (unpaired) electrons. The Hall–Kier alpha value is -0.980. The summed E-state index contributed by atoms with van der Waals surface area (Å²) < 4.78 is 11.5. The Balaban J connectivity index is 1.81. The third-order valence-corrected chi connectivity index (χ3v) is 4.63. The summed E-state index contributed by atoms with van der Waals surface area (Å²) >= 11 is 0. The first-order valence-corrected chi connectivity index (χ1v) is 8.02. The minimum atomic E-state index is -0.397. The van der Waals surface area contributed by atoms with Crippen LogP contribution >= 0.6 is 0 Å².